The molecular weight excluding hydrogens is 256 g/mol. The van der Waals surface area contributed by atoms with E-state index in [-0.39, 0.29) is 24.1 Å². The van der Waals surface area contributed by atoms with E-state index in [0.717, 1.165) is 12.7 Å². The van der Waals surface area contributed by atoms with E-state index in [1.165, 1.54) is 4.90 Å². The van der Waals surface area contributed by atoms with E-state index in [2.05, 4.69) is 5.32 Å². The summed E-state index contributed by atoms with van der Waals surface area (Å²) >= 11 is 0. The van der Waals surface area contributed by atoms with Crippen molar-refractivity contribution in [1.29, 1.82) is 0 Å². The van der Waals surface area contributed by atoms with Crippen molar-refractivity contribution in [3.63, 3.8) is 0 Å². The summed E-state index contributed by atoms with van der Waals surface area (Å²) in [7, 11) is -3.02. The zero-order valence-electron chi connectivity index (χ0n) is 10.8. The number of piperazine rings is 1. The van der Waals surface area contributed by atoms with E-state index in [0.29, 0.717) is 19.4 Å². The zero-order chi connectivity index (χ0) is 13.8. The molecule has 1 aliphatic heterocycles. The van der Waals surface area contributed by atoms with Gasteiger partial charge in [0.1, 0.15) is 15.9 Å². The lowest BCUT2D eigenvalue weighted by Gasteiger charge is -2.32. The van der Waals surface area contributed by atoms with Gasteiger partial charge in [-0.3, -0.25) is 9.59 Å². The first kappa shape index (κ1) is 14.9. The number of nitrogens with one attached hydrogen (secondary N) is 1. The van der Waals surface area contributed by atoms with Crippen molar-refractivity contribution < 1.29 is 18.0 Å². The molecule has 0 aromatic carbocycles. The maximum absolute atomic E-state index is 12.0. The lowest BCUT2D eigenvalue weighted by molar-refractivity contribution is -0.144. The van der Waals surface area contributed by atoms with E-state index in [1.54, 1.807) is 0 Å². The lowest BCUT2D eigenvalue weighted by Crippen LogP contribution is -2.58. The Morgan fingerprint density at radius 1 is 1.39 bits per heavy atom. The summed E-state index contributed by atoms with van der Waals surface area (Å²) in [4.78, 5) is 24.9. The normalized spacial score (nSPS) is 21.0. The van der Waals surface area contributed by atoms with E-state index in [4.69, 9.17) is 0 Å². The van der Waals surface area contributed by atoms with Crippen LogP contribution in [0.15, 0.2) is 0 Å². The number of amides is 2. The zero-order valence-corrected chi connectivity index (χ0v) is 11.6. The van der Waals surface area contributed by atoms with Crippen LogP contribution in [0.2, 0.25) is 0 Å². The van der Waals surface area contributed by atoms with E-state index >= 15 is 0 Å². The molecule has 0 radical (unpaired) electrons. The lowest BCUT2D eigenvalue weighted by atomic mass is 10.1. The van der Waals surface area contributed by atoms with Crippen molar-refractivity contribution in [2.45, 2.75) is 32.2 Å². The minimum Gasteiger partial charge on any atom is -0.343 e. The number of rotatable bonds is 6. The molecule has 1 rings (SSSR count). The second-order valence-corrected chi connectivity index (χ2v) is 6.91. The molecule has 1 heterocycles. The quantitative estimate of drug-likeness (QED) is 0.712. The Kier molecular flexibility index (Phi) is 5.13. The Balaban J connectivity index is 2.53. The summed E-state index contributed by atoms with van der Waals surface area (Å²) in [6, 6.07) is -0.450. The first-order valence-electron chi connectivity index (χ1n) is 6.09. The van der Waals surface area contributed by atoms with Gasteiger partial charge in [0.15, 0.2) is 0 Å². The molecule has 0 spiro atoms. The van der Waals surface area contributed by atoms with Crippen molar-refractivity contribution in [1.82, 2.24) is 10.2 Å². The van der Waals surface area contributed by atoms with Crippen LogP contribution in [0.25, 0.3) is 0 Å². The van der Waals surface area contributed by atoms with Crippen LogP contribution in [-0.2, 0) is 19.4 Å². The predicted molar refractivity (Wildman–Crippen MR) is 67.7 cm³/mol. The number of sulfone groups is 1. The Bertz CT molecular complexity index is 419. The van der Waals surface area contributed by atoms with Crippen molar-refractivity contribution in [3.05, 3.63) is 0 Å². The fourth-order valence-corrected chi connectivity index (χ4v) is 2.62. The topological polar surface area (TPSA) is 83.6 Å². The largest absolute Gasteiger partial charge is 0.343 e. The highest BCUT2D eigenvalue weighted by Crippen LogP contribution is 2.08. The van der Waals surface area contributed by atoms with Gasteiger partial charge >= 0.3 is 0 Å². The second-order valence-electron chi connectivity index (χ2n) is 4.65. The fourth-order valence-electron chi connectivity index (χ4n) is 1.96. The van der Waals surface area contributed by atoms with Crippen molar-refractivity contribution in [2.75, 3.05) is 25.1 Å². The molecular formula is C11H20N2O4S. The minimum atomic E-state index is -3.02. The van der Waals surface area contributed by atoms with Gasteiger partial charge in [-0.2, -0.15) is 0 Å². The third kappa shape index (κ3) is 4.64. The second kappa shape index (κ2) is 6.17. The highest BCUT2D eigenvalue weighted by atomic mass is 32.2. The SMILES string of the molecule is CCCC1NC(=O)CN(CCCS(C)(=O)=O)C1=O. The first-order valence-corrected chi connectivity index (χ1v) is 8.15. The number of carbonyl (C=O) groups excluding carboxylic acids is 2. The smallest absolute Gasteiger partial charge is 0.245 e. The molecule has 7 heteroatoms. The van der Waals surface area contributed by atoms with Crippen molar-refractivity contribution in [2.24, 2.45) is 0 Å². The standard InChI is InChI=1S/C11H20N2O4S/c1-3-5-9-11(15)13(8-10(14)12-9)6-4-7-18(2,16)17/h9H,3-8H2,1-2H3,(H,12,14). The van der Waals surface area contributed by atoms with Gasteiger partial charge in [-0.1, -0.05) is 13.3 Å². The number of nitrogens with zero attached hydrogens (tertiary/aromatic N) is 1. The van der Waals surface area contributed by atoms with Crippen LogP contribution in [-0.4, -0.2) is 56.3 Å². The average molecular weight is 276 g/mol. The summed E-state index contributed by atoms with van der Waals surface area (Å²) in [5, 5.41) is 2.66. The number of hydrogen-bond donors (Lipinski definition) is 1. The molecule has 0 bridgehead atoms. The van der Waals surface area contributed by atoms with E-state index in [1.807, 2.05) is 6.92 Å². The maximum atomic E-state index is 12.0. The Hall–Kier alpha value is -1.11. The molecule has 6 nitrogen and oxygen atoms in total. The van der Waals surface area contributed by atoms with Crippen LogP contribution in [0.5, 0.6) is 0 Å². The molecule has 104 valence electrons. The summed E-state index contributed by atoms with van der Waals surface area (Å²) in [6.07, 6.45) is 2.97. The van der Waals surface area contributed by atoms with Crippen LogP contribution in [0, 0.1) is 0 Å². The summed E-state index contributed by atoms with van der Waals surface area (Å²) < 4.78 is 22.0. The first-order chi connectivity index (χ1) is 8.33. The third-order valence-corrected chi connectivity index (χ3v) is 3.83. The molecule has 1 saturated heterocycles. The van der Waals surface area contributed by atoms with Crippen LogP contribution in [0.1, 0.15) is 26.2 Å². The number of hydrogen-bond acceptors (Lipinski definition) is 4. The number of carbonyl (C=O) groups is 2. The molecule has 1 aliphatic rings. The highest BCUT2D eigenvalue weighted by molar-refractivity contribution is 7.90. The molecule has 0 aromatic rings. The Morgan fingerprint density at radius 2 is 2.06 bits per heavy atom. The molecule has 1 N–H and O–H groups in total. The Labute approximate surface area is 108 Å². The Morgan fingerprint density at radius 3 is 2.61 bits per heavy atom. The molecule has 0 aromatic heterocycles. The molecule has 2 amide bonds. The van der Waals surface area contributed by atoms with Gasteiger partial charge in [0.2, 0.25) is 11.8 Å². The molecule has 1 fully saturated rings. The molecule has 18 heavy (non-hydrogen) atoms. The summed E-state index contributed by atoms with van der Waals surface area (Å²) in [6.45, 7) is 2.30. The predicted octanol–water partition coefficient (Wildman–Crippen LogP) is -0.452. The van der Waals surface area contributed by atoms with Crippen molar-refractivity contribution >= 4 is 21.7 Å². The van der Waals surface area contributed by atoms with Gasteiger partial charge in [0, 0.05) is 12.8 Å². The highest BCUT2D eigenvalue weighted by Gasteiger charge is 2.31. The van der Waals surface area contributed by atoms with Crippen LogP contribution in [0.3, 0.4) is 0 Å². The van der Waals surface area contributed by atoms with Crippen LogP contribution < -0.4 is 5.32 Å². The van der Waals surface area contributed by atoms with E-state index in [9.17, 15) is 18.0 Å². The van der Waals surface area contributed by atoms with Gasteiger partial charge < -0.3 is 10.2 Å². The maximum Gasteiger partial charge on any atom is 0.245 e. The summed E-state index contributed by atoms with van der Waals surface area (Å²) in [5.41, 5.74) is 0. The van der Waals surface area contributed by atoms with Crippen LogP contribution in [0.4, 0.5) is 0 Å². The van der Waals surface area contributed by atoms with Gasteiger partial charge in [-0.15, -0.1) is 0 Å². The average Bonchev–Trinajstić information content (AvgIpc) is 2.23. The molecule has 1 atom stereocenters. The van der Waals surface area contributed by atoms with Gasteiger partial charge in [-0.05, 0) is 12.8 Å². The summed E-state index contributed by atoms with van der Waals surface area (Å²) in [5.74, 6) is -0.242. The fraction of sp³-hybridized carbons (Fsp3) is 0.818. The van der Waals surface area contributed by atoms with Gasteiger partial charge in [-0.25, -0.2) is 8.42 Å². The van der Waals surface area contributed by atoms with Crippen LogP contribution >= 0.6 is 0 Å². The monoisotopic (exact) mass is 276 g/mol. The molecule has 1 unspecified atom stereocenters. The van der Waals surface area contributed by atoms with E-state index < -0.39 is 15.9 Å². The molecule has 0 saturated carbocycles. The minimum absolute atomic E-state index is 0.0306. The van der Waals surface area contributed by atoms with Crippen molar-refractivity contribution in [3.8, 4) is 0 Å². The molecule has 0 aliphatic carbocycles. The van der Waals surface area contributed by atoms with Gasteiger partial charge in [0.25, 0.3) is 0 Å². The third-order valence-electron chi connectivity index (χ3n) is 2.80. The van der Waals surface area contributed by atoms with Gasteiger partial charge in [0.05, 0.1) is 12.3 Å².